The van der Waals surface area contributed by atoms with Crippen LogP contribution in [0.1, 0.15) is 30.2 Å². The second-order valence-electron chi connectivity index (χ2n) is 6.05. The van der Waals surface area contributed by atoms with Gasteiger partial charge in [0.05, 0.1) is 18.8 Å². The first-order valence-electron chi connectivity index (χ1n) is 8.23. The summed E-state index contributed by atoms with van der Waals surface area (Å²) in [4.78, 5) is 1.34. The van der Waals surface area contributed by atoms with Gasteiger partial charge in [-0.25, -0.2) is 0 Å². The highest BCUT2D eigenvalue weighted by Crippen LogP contribution is 2.38. The molecule has 0 spiro atoms. The number of benzene rings is 1. The van der Waals surface area contributed by atoms with Gasteiger partial charge >= 0.3 is 0 Å². The third-order valence-electron chi connectivity index (χ3n) is 4.15. The lowest BCUT2D eigenvalue weighted by Crippen LogP contribution is -2.24. The molecule has 0 bridgehead atoms. The smallest absolute Gasteiger partial charge is 0.128 e. The molecule has 1 aromatic heterocycles. The number of aryl methyl sites for hydroxylation is 1. The largest absolute Gasteiger partial charge is 0.383 e. The van der Waals surface area contributed by atoms with E-state index in [0.29, 0.717) is 11.9 Å². The fourth-order valence-electron chi connectivity index (χ4n) is 2.98. The summed E-state index contributed by atoms with van der Waals surface area (Å²) >= 11 is 5.45. The van der Waals surface area contributed by atoms with Crippen LogP contribution >= 0.6 is 27.7 Å². The van der Waals surface area contributed by atoms with E-state index in [4.69, 9.17) is 9.47 Å². The van der Waals surface area contributed by atoms with Crippen molar-refractivity contribution >= 4 is 27.7 Å². The van der Waals surface area contributed by atoms with Crippen LogP contribution < -0.4 is 0 Å². The van der Waals surface area contributed by atoms with Crippen molar-refractivity contribution in [2.24, 2.45) is 0 Å². The van der Waals surface area contributed by atoms with Gasteiger partial charge in [0.1, 0.15) is 10.7 Å². The van der Waals surface area contributed by atoms with E-state index >= 15 is 0 Å². The number of hydrogen-bond donors (Lipinski definition) is 0. The number of methoxy groups -OCH3 is 1. The molecule has 1 aromatic carbocycles. The lowest BCUT2D eigenvalue weighted by atomic mass is 10.1. The van der Waals surface area contributed by atoms with E-state index in [1.807, 2.05) is 16.4 Å². The Morgan fingerprint density at radius 2 is 2.29 bits per heavy atom. The summed E-state index contributed by atoms with van der Waals surface area (Å²) in [6.45, 7) is 4.33. The second-order valence-corrected chi connectivity index (χ2v) is 8.23. The molecule has 1 fully saturated rings. The summed E-state index contributed by atoms with van der Waals surface area (Å²) in [5, 5.41) is 5.08. The lowest BCUT2D eigenvalue weighted by Gasteiger charge is -2.29. The predicted molar refractivity (Wildman–Crippen MR) is 101 cm³/mol. The second kappa shape index (κ2) is 8.52. The SMILES string of the molecule is COCCn1nc(Br)cc1C1CC(Sc2cccc(C)c2)CCO1. The van der Waals surface area contributed by atoms with Crippen LogP contribution in [0, 0.1) is 6.92 Å². The predicted octanol–water partition coefficient (Wildman–Crippen LogP) is 4.61. The van der Waals surface area contributed by atoms with Crippen molar-refractivity contribution in [3.05, 3.63) is 46.2 Å². The number of halogens is 1. The summed E-state index contributed by atoms with van der Waals surface area (Å²) in [6.07, 6.45) is 2.18. The van der Waals surface area contributed by atoms with Crippen LogP contribution in [0.3, 0.4) is 0 Å². The Balaban J connectivity index is 1.69. The van der Waals surface area contributed by atoms with Crippen LogP contribution in [0.5, 0.6) is 0 Å². The van der Waals surface area contributed by atoms with Gasteiger partial charge in [0.15, 0.2) is 0 Å². The molecule has 0 aliphatic carbocycles. The van der Waals surface area contributed by atoms with E-state index in [1.54, 1.807) is 7.11 Å². The topological polar surface area (TPSA) is 36.3 Å². The minimum Gasteiger partial charge on any atom is -0.383 e. The third kappa shape index (κ3) is 4.63. The number of ether oxygens (including phenoxy) is 2. The van der Waals surface area contributed by atoms with Gasteiger partial charge in [-0.2, -0.15) is 5.10 Å². The molecule has 0 N–H and O–H groups in total. The van der Waals surface area contributed by atoms with Crippen LogP contribution in [0.15, 0.2) is 39.8 Å². The lowest BCUT2D eigenvalue weighted by molar-refractivity contribution is 0.0116. The fraction of sp³-hybridized carbons (Fsp3) is 0.500. The summed E-state index contributed by atoms with van der Waals surface area (Å²) < 4.78 is 14.1. The first-order valence-corrected chi connectivity index (χ1v) is 9.90. The maximum absolute atomic E-state index is 6.05. The number of rotatable bonds is 6. The molecule has 1 aliphatic heterocycles. The normalized spacial score (nSPS) is 21.1. The highest BCUT2D eigenvalue weighted by molar-refractivity contribution is 9.10. The van der Waals surface area contributed by atoms with E-state index < -0.39 is 0 Å². The summed E-state index contributed by atoms with van der Waals surface area (Å²) in [6, 6.07) is 10.8. The van der Waals surface area contributed by atoms with Gasteiger partial charge in [-0.05, 0) is 53.9 Å². The Morgan fingerprint density at radius 1 is 1.42 bits per heavy atom. The molecule has 2 aromatic rings. The highest BCUT2D eigenvalue weighted by Gasteiger charge is 2.27. The van der Waals surface area contributed by atoms with Crippen molar-refractivity contribution in [2.75, 3.05) is 20.3 Å². The van der Waals surface area contributed by atoms with Crippen molar-refractivity contribution < 1.29 is 9.47 Å². The molecule has 1 aliphatic rings. The van der Waals surface area contributed by atoms with Crippen molar-refractivity contribution in [3.8, 4) is 0 Å². The molecule has 4 nitrogen and oxygen atoms in total. The highest BCUT2D eigenvalue weighted by atomic mass is 79.9. The average Bonchev–Trinajstić information content (AvgIpc) is 2.94. The van der Waals surface area contributed by atoms with Crippen molar-refractivity contribution in [1.29, 1.82) is 0 Å². The summed E-state index contributed by atoms with van der Waals surface area (Å²) in [7, 11) is 1.71. The van der Waals surface area contributed by atoms with Crippen LogP contribution in [0.25, 0.3) is 0 Å². The zero-order chi connectivity index (χ0) is 16.9. The Bertz CT molecular complexity index is 677. The molecule has 2 heterocycles. The number of aromatic nitrogens is 2. The van der Waals surface area contributed by atoms with Gasteiger partial charge in [-0.1, -0.05) is 17.7 Å². The molecule has 24 heavy (non-hydrogen) atoms. The van der Waals surface area contributed by atoms with E-state index in [0.717, 1.165) is 36.3 Å². The quantitative estimate of drug-likeness (QED) is 0.696. The molecular formula is C18H23BrN2O2S. The van der Waals surface area contributed by atoms with Gasteiger partial charge in [0.25, 0.3) is 0 Å². The van der Waals surface area contributed by atoms with Crippen molar-refractivity contribution in [2.45, 2.75) is 42.6 Å². The van der Waals surface area contributed by atoms with E-state index in [2.05, 4.69) is 58.3 Å². The van der Waals surface area contributed by atoms with Gasteiger partial charge in [0.2, 0.25) is 0 Å². The molecule has 2 atom stereocenters. The zero-order valence-electron chi connectivity index (χ0n) is 14.1. The standard InChI is InChI=1S/C18H23BrN2O2S/c1-13-4-3-5-14(10-13)24-15-6-8-23-17(11-15)16-12-18(19)20-21(16)7-9-22-2/h3-5,10,12,15,17H,6-9,11H2,1-2H3. The van der Waals surface area contributed by atoms with Crippen LogP contribution in [-0.4, -0.2) is 35.4 Å². The van der Waals surface area contributed by atoms with E-state index in [9.17, 15) is 0 Å². The maximum atomic E-state index is 6.05. The van der Waals surface area contributed by atoms with Gasteiger partial charge in [0, 0.05) is 23.9 Å². The van der Waals surface area contributed by atoms with E-state index in [1.165, 1.54) is 10.5 Å². The monoisotopic (exact) mass is 410 g/mol. The molecule has 130 valence electrons. The van der Waals surface area contributed by atoms with Crippen LogP contribution in [0.4, 0.5) is 0 Å². The van der Waals surface area contributed by atoms with Crippen molar-refractivity contribution in [1.82, 2.24) is 9.78 Å². The molecule has 0 radical (unpaired) electrons. The molecule has 1 saturated heterocycles. The first kappa shape index (κ1) is 18.0. The fourth-order valence-corrected chi connectivity index (χ4v) is 4.68. The number of thioether (sulfide) groups is 1. The molecular weight excluding hydrogens is 388 g/mol. The Morgan fingerprint density at radius 3 is 3.08 bits per heavy atom. The zero-order valence-corrected chi connectivity index (χ0v) is 16.5. The molecule has 3 rings (SSSR count). The average molecular weight is 411 g/mol. The Labute approximate surface area is 156 Å². The van der Waals surface area contributed by atoms with Crippen LogP contribution in [-0.2, 0) is 16.0 Å². The van der Waals surface area contributed by atoms with Crippen LogP contribution in [0.2, 0.25) is 0 Å². The Hall–Kier alpha value is -0.820. The molecule has 0 saturated carbocycles. The molecule has 6 heteroatoms. The third-order valence-corrected chi connectivity index (χ3v) is 5.82. The first-order chi connectivity index (χ1) is 11.7. The minimum atomic E-state index is 0.0942. The summed E-state index contributed by atoms with van der Waals surface area (Å²) in [5.41, 5.74) is 2.44. The van der Waals surface area contributed by atoms with E-state index in [-0.39, 0.29) is 6.10 Å². The number of nitrogens with zero attached hydrogens (tertiary/aromatic N) is 2. The van der Waals surface area contributed by atoms with Gasteiger partial charge in [-0.3, -0.25) is 4.68 Å². The molecule has 2 unspecified atom stereocenters. The van der Waals surface area contributed by atoms with Crippen molar-refractivity contribution in [3.63, 3.8) is 0 Å². The maximum Gasteiger partial charge on any atom is 0.128 e. The van der Waals surface area contributed by atoms with Gasteiger partial charge in [-0.15, -0.1) is 11.8 Å². The Kier molecular flexibility index (Phi) is 6.38. The van der Waals surface area contributed by atoms with Gasteiger partial charge < -0.3 is 9.47 Å². The molecule has 0 amide bonds. The summed E-state index contributed by atoms with van der Waals surface area (Å²) in [5.74, 6) is 0. The number of hydrogen-bond acceptors (Lipinski definition) is 4. The minimum absolute atomic E-state index is 0.0942.